The molecule has 0 spiro atoms. The molecule has 8 heteroatoms. The Hall–Kier alpha value is -2.22. The van der Waals surface area contributed by atoms with Crippen LogP contribution in [-0.4, -0.2) is 52.4 Å². The van der Waals surface area contributed by atoms with Crippen LogP contribution >= 0.6 is 0 Å². The normalized spacial score (nSPS) is 18.9. The quantitative estimate of drug-likeness (QED) is 0.759. The molecule has 0 radical (unpaired) electrons. The second kappa shape index (κ2) is 7.66. The summed E-state index contributed by atoms with van der Waals surface area (Å²) in [6, 6.07) is 7.11. The van der Waals surface area contributed by atoms with Crippen LogP contribution in [0.15, 0.2) is 35.4 Å². The van der Waals surface area contributed by atoms with Gasteiger partial charge in [-0.1, -0.05) is 31.4 Å². The van der Waals surface area contributed by atoms with Gasteiger partial charge in [0.15, 0.2) is 9.84 Å². The number of hydrogen-bond donors (Lipinski definition) is 0. The number of benzene rings is 1. The first-order valence-electron chi connectivity index (χ1n) is 9.91. The van der Waals surface area contributed by atoms with Gasteiger partial charge in [-0.15, -0.1) is 0 Å². The standard InChI is InChI=1S/C20H25N3O4S/c24-19(10-11-22-14-21-18-9-5-4-8-17(18)20(22)25)23-12-16(13-23)28(26,27)15-6-2-1-3-7-15/h4-5,8-9,14-16H,1-3,6-7,10-13H2. The van der Waals surface area contributed by atoms with Crippen LogP contribution < -0.4 is 5.56 Å². The van der Waals surface area contributed by atoms with E-state index in [9.17, 15) is 18.0 Å². The molecule has 0 atom stereocenters. The number of carbonyl (C=O) groups excluding carboxylic acids is 1. The van der Waals surface area contributed by atoms with Gasteiger partial charge in [0.2, 0.25) is 5.91 Å². The predicted octanol–water partition coefficient (Wildman–Crippen LogP) is 1.74. The summed E-state index contributed by atoms with van der Waals surface area (Å²) in [5.74, 6) is -0.116. The van der Waals surface area contributed by atoms with Crippen molar-refractivity contribution < 1.29 is 13.2 Å². The Morgan fingerprint density at radius 3 is 2.54 bits per heavy atom. The topological polar surface area (TPSA) is 89.3 Å². The van der Waals surface area contributed by atoms with Crippen LogP contribution in [0.25, 0.3) is 10.9 Å². The molecule has 7 nitrogen and oxygen atoms in total. The molecule has 2 aromatic rings. The summed E-state index contributed by atoms with van der Waals surface area (Å²) in [6.07, 6.45) is 6.21. The molecular weight excluding hydrogens is 378 g/mol. The third kappa shape index (κ3) is 3.57. The highest BCUT2D eigenvalue weighted by molar-refractivity contribution is 7.92. The summed E-state index contributed by atoms with van der Waals surface area (Å²) in [5.41, 5.74) is 0.466. The molecular formula is C20H25N3O4S. The summed E-state index contributed by atoms with van der Waals surface area (Å²) in [7, 11) is -3.15. The average Bonchev–Trinajstić information content (AvgIpc) is 2.67. The molecule has 1 saturated heterocycles. The van der Waals surface area contributed by atoms with Crippen LogP contribution in [0.1, 0.15) is 38.5 Å². The lowest BCUT2D eigenvalue weighted by Crippen LogP contribution is -2.58. The highest BCUT2D eigenvalue weighted by Crippen LogP contribution is 2.30. The molecule has 1 aromatic heterocycles. The Morgan fingerprint density at radius 1 is 1.07 bits per heavy atom. The summed E-state index contributed by atoms with van der Waals surface area (Å²) in [5, 5.41) is -0.129. The lowest BCUT2D eigenvalue weighted by molar-refractivity contribution is -0.134. The van der Waals surface area contributed by atoms with E-state index in [1.165, 1.54) is 10.9 Å². The first-order chi connectivity index (χ1) is 13.5. The number of para-hydroxylation sites is 1. The Balaban J connectivity index is 1.34. The van der Waals surface area contributed by atoms with Crippen LogP contribution in [0.4, 0.5) is 0 Å². The number of likely N-dealkylation sites (tertiary alicyclic amines) is 1. The van der Waals surface area contributed by atoms with Gasteiger partial charge in [0, 0.05) is 26.1 Å². The lowest BCUT2D eigenvalue weighted by atomic mass is 10.0. The number of sulfone groups is 1. The van der Waals surface area contributed by atoms with E-state index in [1.54, 1.807) is 23.1 Å². The van der Waals surface area contributed by atoms with Gasteiger partial charge < -0.3 is 4.90 Å². The smallest absolute Gasteiger partial charge is 0.261 e. The molecule has 1 saturated carbocycles. The number of carbonyl (C=O) groups is 1. The second-order valence-corrected chi connectivity index (χ2v) is 10.3. The van der Waals surface area contributed by atoms with E-state index in [1.807, 2.05) is 6.07 Å². The molecule has 2 heterocycles. The summed E-state index contributed by atoms with van der Waals surface area (Å²) in [4.78, 5) is 30.7. The molecule has 2 fully saturated rings. The zero-order valence-electron chi connectivity index (χ0n) is 15.8. The lowest BCUT2D eigenvalue weighted by Gasteiger charge is -2.41. The first kappa shape index (κ1) is 19.1. The molecule has 1 aromatic carbocycles. The minimum absolute atomic E-state index is 0.116. The number of aromatic nitrogens is 2. The number of rotatable bonds is 5. The van der Waals surface area contributed by atoms with E-state index in [4.69, 9.17) is 0 Å². The number of fused-ring (bicyclic) bond motifs is 1. The Kier molecular flexibility index (Phi) is 5.23. The third-order valence-electron chi connectivity index (χ3n) is 5.98. The minimum Gasteiger partial charge on any atom is -0.340 e. The zero-order valence-corrected chi connectivity index (χ0v) is 16.6. The molecule has 0 unspecified atom stereocenters. The van der Waals surface area contributed by atoms with Crippen LogP contribution in [0.5, 0.6) is 0 Å². The number of aryl methyl sites for hydroxylation is 1. The van der Waals surface area contributed by atoms with Gasteiger partial charge in [-0.2, -0.15) is 0 Å². The van der Waals surface area contributed by atoms with Gasteiger partial charge in [-0.05, 0) is 25.0 Å². The molecule has 28 heavy (non-hydrogen) atoms. The van der Waals surface area contributed by atoms with E-state index in [-0.39, 0.29) is 42.8 Å². The Labute approximate surface area is 164 Å². The highest BCUT2D eigenvalue weighted by atomic mass is 32.2. The van der Waals surface area contributed by atoms with Crippen LogP contribution in [-0.2, 0) is 21.2 Å². The van der Waals surface area contributed by atoms with E-state index in [0.717, 1.165) is 32.1 Å². The van der Waals surface area contributed by atoms with Gasteiger partial charge >= 0.3 is 0 Å². The molecule has 1 aliphatic carbocycles. The van der Waals surface area contributed by atoms with E-state index in [2.05, 4.69) is 4.98 Å². The van der Waals surface area contributed by atoms with Crippen molar-refractivity contribution in [2.45, 2.75) is 55.6 Å². The van der Waals surface area contributed by atoms with Crippen LogP contribution in [0.3, 0.4) is 0 Å². The van der Waals surface area contributed by atoms with Gasteiger partial charge in [-0.25, -0.2) is 13.4 Å². The van der Waals surface area contributed by atoms with Crippen molar-refractivity contribution in [1.82, 2.24) is 14.5 Å². The zero-order chi connectivity index (χ0) is 19.7. The average molecular weight is 404 g/mol. The largest absolute Gasteiger partial charge is 0.340 e. The molecule has 0 N–H and O–H groups in total. The Morgan fingerprint density at radius 2 is 1.79 bits per heavy atom. The van der Waals surface area contributed by atoms with Crippen molar-refractivity contribution in [3.05, 3.63) is 40.9 Å². The molecule has 1 amide bonds. The van der Waals surface area contributed by atoms with E-state index in [0.29, 0.717) is 10.9 Å². The minimum atomic E-state index is -3.15. The molecule has 4 rings (SSSR count). The summed E-state index contributed by atoms with van der Waals surface area (Å²) < 4.78 is 26.8. The Bertz CT molecular complexity index is 1030. The number of amides is 1. The maximum absolute atomic E-state index is 12.7. The fourth-order valence-electron chi connectivity index (χ4n) is 4.15. The van der Waals surface area contributed by atoms with E-state index < -0.39 is 15.1 Å². The monoisotopic (exact) mass is 403 g/mol. The predicted molar refractivity (Wildman–Crippen MR) is 107 cm³/mol. The molecule has 1 aliphatic heterocycles. The number of nitrogens with zero attached hydrogens (tertiary/aromatic N) is 3. The molecule has 0 bridgehead atoms. The van der Waals surface area contributed by atoms with Gasteiger partial charge in [0.25, 0.3) is 5.56 Å². The van der Waals surface area contributed by atoms with Crippen molar-refractivity contribution in [3.63, 3.8) is 0 Å². The van der Waals surface area contributed by atoms with Gasteiger partial charge in [0.05, 0.1) is 27.7 Å². The third-order valence-corrected chi connectivity index (χ3v) is 8.61. The van der Waals surface area contributed by atoms with Gasteiger partial charge in [-0.3, -0.25) is 14.2 Å². The highest BCUT2D eigenvalue weighted by Gasteiger charge is 2.43. The van der Waals surface area contributed by atoms with Crippen molar-refractivity contribution in [2.75, 3.05) is 13.1 Å². The van der Waals surface area contributed by atoms with Crippen molar-refractivity contribution in [3.8, 4) is 0 Å². The first-order valence-corrected chi connectivity index (χ1v) is 11.5. The maximum atomic E-state index is 12.7. The second-order valence-electron chi connectivity index (χ2n) is 7.78. The van der Waals surface area contributed by atoms with Crippen molar-refractivity contribution in [2.24, 2.45) is 0 Å². The molecule has 150 valence electrons. The van der Waals surface area contributed by atoms with Crippen molar-refractivity contribution in [1.29, 1.82) is 0 Å². The van der Waals surface area contributed by atoms with Crippen molar-refractivity contribution >= 4 is 26.6 Å². The number of hydrogen-bond acceptors (Lipinski definition) is 5. The maximum Gasteiger partial charge on any atom is 0.261 e. The summed E-state index contributed by atoms with van der Waals surface area (Å²) >= 11 is 0. The SMILES string of the molecule is O=C(CCn1cnc2ccccc2c1=O)N1CC(S(=O)(=O)C2CCCCC2)C1. The van der Waals surface area contributed by atoms with E-state index >= 15 is 0 Å². The fourth-order valence-corrected chi connectivity index (χ4v) is 6.47. The molecule has 2 aliphatic rings. The van der Waals surface area contributed by atoms with Crippen LogP contribution in [0, 0.1) is 0 Å². The summed E-state index contributed by atoms with van der Waals surface area (Å²) in [6.45, 7) is 0.803. The van der Waals surface area contributed by atoms with Gasteiger partial charge in [0.1, 0.15) is 0 Å². The fraction of sp³-hybridized carbons (Fsp3) is 0.550. The van der Waals surface area contributed by atoms with Crippen LogP contribution in [0.2, 0.25) is 0 Å².